The van der Waals surface area contributed by atoms with Crippen molar-refractivity contribution in [2.24, 2.45) is 0 Å². The number of H-pyrrole nitrogens is 1. The number of nitrogens with zero attached hydrogens (tertiary/aromatic N) is 2. The number of hydrogen-bond acceptors (Lipinski definition) is 3. The Hall–Kier alpha value is -1.10. The van der Waals surface area contributed by atoms with Crippen molar-refractivity contribution in [1.82, 2.24) is 14.8 Å². The average molecular weight is 185 g/mol. The number of nitrogens with one attached hydrogen (secondary N) is 1. The van der Waals surface area contributed by atoms with Crippen LogP contribution in [0.3, 0.4) is 0 Å². The first-order valence-corrected chi connectivity index (χ1v) is 4.43. The summed E-state index contributed by atoms with van der Waals surface area (Å²) in [6.07, 6.45) is 1.25. The van der Waals surface area contributed by atoms with Crippen molar-refractivity contribution in [2.45, 2.75) is 32.7 Å². The van der Waals surface area contributed by atoms with Crippen LogP contribution in [0.2, 0.25) is 0 Å². The van der Waals surface area contributed by atoms with Crippen molar-refractivity contribution in [3.63, 3.8) is 0 Å². The Bertz CT molecular complexity index is 313. The first-order valence-electron chi connectivity index (χ1n) is 4.43. The van der Waals surface area contributed by atoms with Crippen LogP contribution in [0, 0.1) is 0 Å². The normalized spacial score (nSPS) is 11.1. The van der Waals surface area contributed by atoms with Gasteiger partial charge in [-0.1, -0.05) is 0 Å². The number of aliphatic hydroxyl groups is 1. The highest BCUT2D eigenvalue weighted by Crippen LogP contribution is 1.98. The van der Waals surface area contributed by atoms with E-state index in [0.29, 0.717) is 18.7 Å². The highest BCUT2D eigenvalue weighted by Gasteiger charge is 2.06. The summed E-state index contributed by atoms with van der Waals surface area (Å²) < 4.78 is 1.41. The zero-order chi connectivity index (χ0) is 9.84. The van der Waals surface area contributed by atoms with Gasteiger partial charge in [-0.3, -0.25) is 4.98 Å². The van der Waals surface area contributed by atoms with Crippen molar-refractivity contribution in [3.8, 4) is 0 Å². The Morgan fingerprint density at radius 2 is 2.31 bits per heavy atom. The van der Waals surface area contributed by atoms with Crippen molar-refractivity contribution in [2.75, 3.05) is 6.61 Å². The van der Waals surface area contributed by atoms with Gasteiger partial charge in [0.2, 0.25) is 0 Å². The zero-order valence-corrected chi connectivity index (χ0v) is 7.95. The molecular formula is C8H15N3O2. The number of aryl methyl sites for hydroxylation is 1. The van der Waals surface area contributed by atoms with Gasteiger partial charge in [-0.15, -0.1) is 0 Å². The maximum absolute atomic E-state index is 11.2. The Balaban J connectivity index is 2.77. The highest BCUT2D eigenvalue weighted by atomic mass is 16.3. The van der Waals surface area contributed by atoms with Gasteiger partial charge in [-0.05, 0) is 20.3 Å². The fourth-order valence-corrected chi connectivity index (χ4v) is 1.09. The summed E-state index contributed by atoms with van der Waals surface area (Å²) in [6, 6.07) is 0.0756. The van der Waals surface area contributed by atoms with Crippen LogP contribution in [-0.4, -0.2) is 26.5 Å². The zero-order valence-electron chi connectivity index (χ0n) is 7.95. The molecule has 0 fully saturated rings. The lowest BCUT2D eigenvalue weighted by atomic mass is 10.3. The minimum atomic E-state index is -0.178. The molecule has 74 valence electrons. The molecule has 0 unspecified atom stereocenters. The molecule has 0 aliphatic heterocycles. The first kappa shape index (κ1) is 9.98. The molecule has 0 amide bonds. The molecule has 1 aromatic rings. The summed E-state index contributed by atoms with van der Waals surface area (Å²) >= 11 is 0. The van der Waals surface area contributed by atoms with Crippen molar-refractivity contribution < 1.29 is 5.11 Å². The van der Waals surface area contributed by atoms with E-state index >= 15 is 0 Å². The van der Waals surface area contributed by atoms with E-state index in [1.807, 2.05) is 13.8 Å². The van der Waals surface area contributed by atoms with Crippen LogP contribution in [0.25, 0.3) is 0 Å². The lowest BCUT2D eigenvalue weighted by molar-refractivity contribution is 0.287. The Labute approximate surface area is 76.4 Å². The molecule has 0 atom stereocenters. The van der Waals surface area contributed by atoms with Crippen LogP contribution >= 0.6 is 0 Å². The van der Waals surface area contributed by atoms with Crippen LogP contribution in [0.5, 0.6) is 0 Å². The SMILES string of the molecule is CC(C)n1nc(CCCO)[nH]c1=O. The minimum absolute atomic E-state index is 0.0756. The monoisotopic (exact) mass is 185 g/mol. The maximum atomic E-state index is 11.2. The van der Waals surface area contributed by atoms with E-state index in [4.69, 9.17) is 5.11 Å². The summed E-state index contributed by atoms with van der Waals surface area (Å²) in [4.78, 5) is 13.9. The molecule has 5 nitrogen and oxygen atoms in total. The Morgan fingerprint density at radius 1 is 1.62 bits per heavy atom. The number of aromatic nitrogens is 3. The van der Waals surface area contributed by atoms with Crippen LogP contribution in [-0.2, 0) is 6.42 Å². The van der Waals surface area contributed by atoms with Gasteiger partial charge in [0.15, 0.2) is 0 Å². The summed E-state index contributed by atoms with van der Waals surface area (Å²) in [5.74, 6) is 0.646. The summed E-state index contributed by atoms with van der Waals surface area (Å²) in [7, 11) is 0. The van der Waals surface area contributed by atoms with Gasteiger partial charge in [-0.25, -0.2) is 9.48 Å². The maximum Gasteiger partial charge on any atom is 0.343 e. The van der Waals surface area contributed by atoms with Crippen molar-refractivity contribution in [1.29, 1.82) is 0 Å². The fraction of sp³-hybridized carbons (Fsp3) is 0.750. The molecule has 5 heteroatoms. The van der Waals surface area contributed by atoms with E-state index in [2.05, 4.69) is 10.1 Å². The molecular weight excluding hydrogens is 170 g/mol. The van der Waals surface area contributed by atoms with Gasteiger partial charge in [0.1, 0.15) is 5.82 Å². The molecule has 13 heavy (non-hydrogen) atoms. The molecule has 1 aromatic heterocycles. The molecule has 0 radical (unpaired) electrons. The van der Waals surface area contributed by atoms with E-state index in [1.165, 1.54) is 4.68 Å². The van der Waals surface area contributed by atoms with E-state index in [1.54, 1.807) is 0 Å². The number of aliphatic hydroxyl groups excluding tert-OH is 1. The molecule has 0 spiro atoms. The first-order chi connectivity index (χ1) is 6.15. The van der Waals surface area contributed by atoms with E-state index in [9.17, 15) is 4.79 Å². The third-order valence-electron chi connectivity index (χ3n) is 1.75. The predicted molar refractivity (Wildman–Crippen MR) is 48.6 cm³/mol. The number of rotatable bonds is 4. The largest absolute Gasteiger partial charge is 0.396 e. The second-order valence-corrected chi connectivity index (χ2v) is 3.24. The van der Waals surface area contributed by atoms with Crippen molar-refractivity contribution in [3.05, 3.63) is 16.3 Å². The fourth-order valence-electron chi connectivity index (χ4n) is 1.09. The van der Waals surface area contributed by atoms with E-state index in [0.717, 1.165) is 0 Å². The average Bonchev–Trinajstić information content (AvgIpc) is 2.43. The van der Waals surface area contributed by atoms with Gasteiger partial charge >= 0.3 is 5.69 Å². The van der Waals surface area contributed by atoms with Gasteiger partial charge in [0, 0.05) is 13.0 Å². The standard InChI is InChI=1S/C8H15N3O2/c1-6(2)11-8(13)9-7(10-11)4-3-5-12/h6,12H,3-5H2,1-2H3,(H,9,10,13). The Kier molecular flexibility index (Phi) is 3.25. The Morgan fingerprint density at radius 3 is 2.77 bits per heavy atom. The molecule has 1 heterocycles. The van der Waals surface area contributed by atoms with Crippen LogP contribution < -0.4 is 5.69 Å². The second-order valence-electron chi connectivity index (χ2n) is 3.24. The summed E-state index contributed by atoms with van der Waals surface area (Å²) in [5, 5.41) is 12.7. The molecule has 0 aliphatic rings. The molecule has 0 saturated heterocycles. The number of aromatic amines is 1. The minimum Gasteiger partial charge on any atom is -0.396 e. The van der Waals surface area contributed by atoms with Gasteiger partial charge in [0.25, 0.3) is 0 Å². The molecule has 1 rings (SSSR count). The van der Waals surface area contributed by atoms with E-state index in [-0.39, 0.29) is 18.3 Å². The van der Waals surface area contributed by atoms with Crippen LogP contribution in [0.4, 0.5) is 0 Å². The highest BCUT2D eigenvalue weighted by molar-refractivity contribution is 4.83. The third-order valence-corrected chi connectivity index (χ3v) is 1.75. The van der Waals surface area contributed by atoms with Crippen LogP contribution in [0.15, 0.2) is 4.79 Å². The van der Waals surface area contributed by atoms with Gasteiger partial charge in [-0.2, -0.15) is 5.10 Å². The van der Waals surface area contributed by atoms with Gasteiger partial charge in [0.05, 0.1) is 6.04 Å². The predicted octanol–water partition coefficient (Wildman–Crippen LogP) is 0.0772. The second kappa shape index (κ2) is 4.23. The molecule has 0 bridgehead atoms. The molecule has 0 saturated carbocycles. The van der Waals surface area contributed by atoms with Gasteiger partial charge < -0.3 is 5.11 Å². The van der Waals surface area contributed by atoms with Crippen molar-refractivity contribution >= 4 is 0 Å². The lowest BCUT2D eigenvalue weighted by Gasteiger charge is -2.00. The van der Waals surface area contributed by atoms with E-state index < -0.39 is 0 Å². The quantitative estimate of drug-likeness (QED) is 0.697. The van der Waals surface area contributed by atoms with Crippen LogP contribution in [0.1, 0.15) is 32.1 Å². The summed E-state index contributed by atoms with van der Waals surface area (Å²) in [5.41, 5.74) is -0.178. The lowest BCUT2D eigenvalue weighted by Crippen LogP contribution is -2.19. The third kappa shape index (κ3) is 2.42. The summed E-state index contributed by atoms with van der Waals surface area (Å²) in [6.45, 7) is 3.92. The smallest absolute Gasteiger partial charge is 0.343 e. The molecule has 2 N–H and O–H groups in total. The number of hydrogen-bond donors (Lipinski definition) is 2. The molecule has 0 aliphatic carbocycles. The molecule has 0 aromatic carbocycles. The topological polar surface area (TPSA) is 70.9 Å².